The zero-order valence-corrected chi connectivity index (χ0v) is 9.83. The average molecular weight is 279 g/mol. The van der Waals surface area contributed by atoms with Gasteiger partial charge in [-0.3, -0.25) is 0 Å². The van der Waals surface area contributed by atoms with E-state index in [9.17, 15) is 4.39 Å². The van der Waals surface area contributed by atoms with E-state index < -0.39 is 0 Å². The molecule has 1 rings (SSSR count). The first-order valence-corrected chi connectivity index (χ1v) is 5.25. The predicted octanol–water partition coefficient (Wildman–Crippen LogP) is 3.48. The van der Waals surface area contributed by atoms with Gasteiger partial charge in [0.25, 0.3) is 0 Å². The van der Waals surface area contributed by atoms with Crippen molar-refractivity contribution in [1.29, 1.82) is 0 Å². The molecule has 0 fully saturated rings. The highest BCUT2D eigenvalue weighted by molar-refractivity contribution is 9.11. The van der Waals surface area contributed by atoms with Gasteiger partial charge in [0.15, 0.2) is 0 Å². The Morgan fingerprint density at radius 1 is 1.57 bits per heavy atom. The molecule has 76 valence electrons. The number of hydrogen-bond donors (Lipinski definition) is 1. The van der Waals surface area contributed by atoms with Crippen molar-refractivity contribution < 1.29 is 4.39 Å². The molecule has 0 heterocycles. The summed E-state index contributed by atoms with van der Waals surface area (Å²) in [5.41, 5.74) is 0.561. The molecule has 4 heteroatoms. The Bertz CT molecular complexity index is 341. The van der Waals surface area contributed by atoms with Crippen LogP contribution in [-0.4, -0.2) is 6.54 Å². The maximum absolute atomic E-state index is 13.3. The first kappa shape index (κ1) is 11.7. The first-order chi connectivity index (χ1) is 6.61. The Morgan fingerprint density at radius 2 is 2.29 bits per heavy atom. The topological polar surface area (TPSA) is 12.0 Å². The largest absolute Gasteiger partial charge is 0.308 e. The molecule has 1 aromatic rings. The second kappa shape index (κ2) is 5.49. The maximum Gasteiger partial charge on any atom is 0.146 e. The van der Waals surface area contributed by atoms with Crippen LogP contribution in [-0.2, 0) is 6.54 Å². The van der Waals surface area contributed by atoms with Crippen molar-refractivity contribution in [1.82, 2.24) is 5.32 Å². The van der Waals surface area contributed by atoms with E-state index in [1.54, 1.807) is 12.1 Å². The molecule has 0 radical (unpaired) electrons. The SMILES string of the molecule is C=C(Br)CNCc1cccc(Cl)c1F. The lowest BCUT2D eigenvalue weighted by Crippen LogP contribution is -2.15. The van der Waals surface area contributed by atoms with Gasteiger partial charge < -0.3 is 5.32 Å². The summed E-state index contributed by atoms with van der Waals surface area (Å²) in [7, 11) is 0. The molecule has 0 aromatic heterocycles. The van der Waals surface area contributed by atoms with E-state index in [4.69, 9.17) is 11.6 Å². The van der Waals surface area contributed by atoms with Crippen LogP contribution < -0.4 is 5.32 Å². The molecule has 1 nitrogen and oxygen atoms in total. The quantitative estimate of drug-likeness (QED) is 0.889. The lowest BCUT2D eigenvalue weighted by Gasteiger charge is -2.05. The monoisotopic (exact) mass is 277 g/mol. The summed E-state index contributed by atoms with van der Waals surface area (Å²) in [4.78, 5) is 0. The third-order valence-corrected chi connectivity index (χ3v) is 2.24. The van der Waals surface area contributed by atoms with E-state index >= 15 is 0 Å². The molecule has 0 aliphatic rings. The van der Waals surface area contributed by atoms with Gasteiger partial charge in [-0.05, 0) is 6.07 Å². The van der Waals surface area contributed by atoms with Crippen LogP contribution in [0.2, 0.25) is 5.02 Å². The van der Waals surface area contributed by atoms with Crippen molar-refractivity contribution in [3.8, 4) is 0 Å². The third kappa shape index (κ3) is 3.40. The molecule has 0 atom stereocenters. The van der Waals surface area contributed by atoms with Crippen molar-refractivity contribution >= 4 is 27.5 Å². The van der Waals surface area contributed by atoms with Gasteiger partial charge in [0.05, 0.1) is 5.02 Å². The number of benzene rings is 1. The second-order valence-corrected chi connectivity index (χ2v) is 4.36. The summed E-state index contributed by atoms with van der Waals surface area (Å²) in [6, 6.07) is 4.96. The van der Waals surface area contributed by atoms with Crippen molar-refractivity contribution in [2.45, 2.75) is 6.54 Å². The smallest absolute Gasteiger partial charge is 0.146 e. The molecule has 0 aliphatic carbocycles. The minimum atomic E-state index is -0.359. The molecule has 0 amide bonds. The Kier molecular flexibility index (Phi) is 4.58. The van der Waals surface area contributed by atoms with Gasteiger partial charge in [0.2, 0.25) is 0 Å². The maximum atomic E-state index is 13.3. The molecule has 14 heavy (non-hydrogen) atoms. The number of halogens is 3. The Labute approximate surface area is 96.1 Å². The van der Waals surface area contributed by atoms with Crippen LogP contribution in [0.5, 0.6) is 0 Å². The van der Waals surface area contributed by atoms with Gasteiger partial charge in [0.1, 0.15) is 5.82 Å². The number of rotatable bonds is 4. The average Bonchev–Trinajstić information content (AvgIpc) is 2.12. The summed E-state index contributed by atoms with van der Waals surface area (Å²) in [6.07, 6.45) is 0. The van der Waals surface area contributed by atoms with E-state index in [-0.39, 0.29) is 10.8 Å². The zero-order valence-electron chi connectivity index (χ0n) is 7.49. The molecule has 0 spiro atoms. The van der Waals surface area contributed by atoms with E-state index in [0.29, 0.717) is 18.7 Å². The minimum Gasteiger partial charge on any atom is -0.308 e. The first-order valence-electron chi connectivity index (χ1n) is 4.08. The van der Waals surface area contributed by atoms with Crippen LogP contribution in [0.15, 0.2) is 29.3 Å². The van der Waals surface area contributed by atoms with Crippen LogP contribution in [0.1, 0.15) is 5.56 Å². The Morgan fingerprint density at radius 3 is 2.93 bits per heavy atom. The van der Waals surface area contributed by atoms with Crippen LogP contribution in [0.25, 0.3) is 0 Å². The number of nitrogens with one attached hydrogen (secondary N) is 1. The second-order valence-electron chi connectivity index (χ2n) is 2.83. The molecule has 0 saturated heterocycles. The van der Waals surface area contributed by atoms with E-state index in [1.807, 2.05) is 0 Å². The predicted molar refractivity (Wildman–Crippen MR) is 61.2 cm³/mol. The normalized spacial score (nSPS) is 10.2. The van der Waals surface area contributed by atoms with Crippen molar-refractivity contribution in [3.05, 3.63) is 45.7 Å². The molecule has 1 N–H and O–H groups in total. The molecule has 0 aliphatic heterocycles. The molecule has 0 saturated carbocycles. The van der Waals surface area contributed by atoms with Gasteiger partial charge in [-0.15, -0.1) is 0 Å². The van der Waals surface area contributed by atoms with Gasteiger partial charge in [-0.2, -0.15) is 0 Å². The molecule has 0 unspecified atom stereocenters. The van der Waals surface area contributed by atoms with Gasteiger partial charge in [0, 0.05) is 23.1 Å². The van der Waals surface area contributed by atoms with Gasteiger partial charge in [-0.1, -0.05) is 46.2 Å². The zero-order chi connectivity index (χ0) is 10.6. The van der Waals surface area contributed by atoms with E-state index in [1.165, 1.54) is 6.07 Å². The fraction of sp³-hybridized carbons (Fsp3) is 0.200. The fourth-order valence-electron chi connectivity index (χ4n) is 1.02. The van der Waals surface area contributed by atoms with Gasteiger partial charge in [-0.25, -0.2) is 4.39 Å². The van der Waals surface area contributed by atoms with E-state index in [2.05, 4.69) is 27.8 Å². The molecule has 1 aromatic carbocycles. The highest BCUT2D eigenvalue weighted by Gasteiger charge is 2.04. The summed E-state index contributed by atoms with van der Waals surface area (Å²) < 4.78 is 14.2. The minimum absolute atomic E-state index is 0.155. The van der Waals surface area contributed by atoms with E-state index in [0.717, 1.165) is 4.48 Å². The summed E-state index contributed by atoms with van der Waals surface area (Å²) in [6.45, 7) is 4.71. The Hall–Kier alpha value is -0.380. The molecule has 0 bridgehead atoms. The standard InChI is InChI=1S/C10H10BrClFN/c1-7(11)5-14-6-8-3-2-4-9(12)10(8)13/h2-4,14H,1,5-6H2. The summed E-state index contributed by atoms with van der Waals surface area (Å²) >= 11 is 8.83. The van der Waals surface area contributed by atoms with Crippen LogP contribution in [0.4, 0.5) is 4.39 Å². The fourth-order valence-corrected chi connectivity index (χ4v) is 1.41. The van der Waals surface area contributed by atoms with Crippen molar-refractivity contribution in [3.63, 3.8) is 0 Å². The van der Waals surface area contributed by atoms with Crippen LogP contribution >= 0.6 is 27.5 Å². The summed E-state index contributed by atoms with van der Waals surface area (Å²) in [5, 5.41) is 3.18. The number of hydrogen-bond acceptors (Lipinski definition) is 1. The third-order valence-electron chi connectivity index (χ3n) is 1.66. The van der Waals surface area contributed by atoms with Crippen molar-refractivity contribution in [2.24, 2.45) is 0 Å². The lowest BCUT2D eigenvalue weighted by atomic mass is 10.2. The lowest BCUT2D eigenvalue weighted by molar-refractivity contribution is 0.597. The molecular weight excluding hydrogens is 268 g/mol. The summed E-state index contributed by atoms with van der Waals surface area (Å²) in [5.74, 6) is -0.359. The highest BCUT2D eigenvalue weighted by atomic mass is 79.9. The molecular formula is C10H10BrClFN. The van der Waals surface area contributed by atoms with Crippen LogP contribution in [0.3, 0.4) is 0 Å². The van der Waals surface area contributed by atoms with Crippen LogP contribution in [0, 0.1) is 5.82 Å². The Balaban J connectivity index is 2.59. The van der Waals surface area contributed by atoms with Gasteiger partial charge >= 0.3 is 0 Å². The van der Waals surface area contributed by atoms with Crippen molar-refractivity contribution in [2.75, 3.05) is 6.54 Å². The highest BCUT2D eigenvalue weighted by Crippen LogP contribution is 2.17.